The van der Waals surface area contributed by atoms with Crippen LogP contribution in [0.3, 0.4) is 0 Å². The van der Waals surface area contributed by atoms with Crippen LogP contribution >= 0.6 is 22.9 Å². The number of halogens is 1. The number of hydrogen-bond acceptors (Lipinski definition) is 6. The molecule has 2 aliphatic rings. The summed E-state index contributed by atoms with van der Waals surface area (Å²) in [5, 5.41) is 6.56. The summed E-state index contributed by atoms with van der Waals surface area (Å²) in [5.41, 5.74) is 6.92. The maximum atomic E-state index is 12.6. The Kier molecular flexibility index (Phi) is 6.39. The number of carbonyl (C=O) groups is 3. The number of benzene rings is 1. The molecule has 2 bridgehead atoms. The second kappa shape index (κ2) is 8.96. The Morgan fingerprint density at radius 1 is 1.21 bits per heavy atom. The van der Waals surface area contributed by atoms with Crippen molar-refractivity contribution in [3.8, 4) is 0 Å². The number of esters is 1. The number of anilines is 2. The molecule has 4 N–H and O–H groups in total. The number of nitrogens with two attached hydrogens (primary N) is 1. The molecule has 10 heteroatoms. The molecule has 4 rings (SSSR count). The van der Waals surface area contributed by atoms with E-state index < -0.39 is 17.4 Å². The molecular weight excluding hydrogens is 464 g/mol. The number of primary amides is 1. The summed E-state index contributed by atoms with van der Waals surface area (Å²) in [6.07, 6.45) is 2.58. The van der Waals surface area contributed by atoms with E-state index in [0.29, 0.717) is 27.8 Å². The van der Waals surface area contributed by atoms with Crippen molar-refractivity contribution in [3.05, 3.63) is 45.3 Å². The molecule has 176 valence electrons. The Morgan fingerprint density at radius 3 is 2.55 bits per heavy atom. The van der Waals surface area contributed by atoms with Gasteiger partial charge in [-0.15, -0.1) is 11.3 Å². The molecule has 8 nitrogen and oxygen atoms in total. The average molecular weight is 491 g/mol. The van der Waals surface area contributed by atoms with Crippen molar-refractivity contribution in [3.63, 3.8) is 0 Å². The second-order valence-electron chi connectivity index (χ2n) is 9.09. The maximum absolute atomic E-state index is 12.6. The number of ether oxygens (including phenoxy) is 1. The Hall–Kier alpha value is -2.62. The van der Waals surface area contributed by atoms with Crippen LogP contribution in [0, 0.1) is 5.41 Å². The van der Waals surface area contributed by atoms with E-state index in [0.717, 1.165) is 29.7 Å². The van der Waals surface area contributed by atoms with Gasteiger partial charge in [-0.05, 0) is 62.9 Å². The SMILES string of the molecule is COC(=O)C(C)(C)CN1[C@H]2CC[C@@H]1c1c(sc(NC(=O)Nc3ccc(Cl)cc3)c1C(N)=O)C2. The molecule has 3 amide bonds. The van der Waals surface area contributed by atoms with Crippen LogP contribution in [-0.4, -0.2) is 42.5 Å². The Balaban J connectivity index is 1.59. The monoisotopic (exact) mass is 490 g/mol. The molecule has 0 spiro atoms. The van der Waals surface area contributed by atoms with Gasteiger partial charge >= 0.3 is 12.0 Å². The minimum atomic E-state index is -0.685. The largest absolute Gasteiger partial charge is 0.469 e. The Labute approximate surface area is 201 Å². The van der Waals surface area contributed by atoms with Crippen LogP contribution in [0.25, 0.3) is 0 Å². The molecule has 1 saturated heterocycles. The number of fused-ring (bicyclic) bond motifs is 4. The van der Waals surface area contributed by atoms with Gasteiger partial charge in [0.25, 0.3) is 5.91 Å². The predicted molar refractivity (Wildman–Crippen MR) is 129 cm³/mol. The van der Waals surface area contributed by atoms with E-state index in [-0.39, 0.29) is 18.1 Å². The average Bonchev–Trinajstić information content (AvgIpc) is 3.24. The Bertz CT molecular complexity index is 1100. The smallest absolute Gasteiger partial charge is 0.324 e. The van der Waals surface area contributed by atoms with Crippen molar-refractivity contribution in [1.82, 2.24) is 4.90 Å². The molecule has 1 fully saturated rings. The lowest BCUT2D eigenvalue weighted by Gasteiger charge is -2.39. The number of nitrogens with zero attached hydrogens (tertiary/aromatic N) is 1. The molecule has 3 heterocycles. The summed E-state index contributed by atoms with van der Waals surface area (Å²) >= 11 is 7.29. The molecular formula is C23H27ClN4O4S. The lowest BCUT2D eigenvalue weighted by Crippen LogP contribution is -2.45. The zero-order valence-corrected chi connectivity index (χ0v) is 20.3. The van der Waals surface area contributed by atoms with Crippen LogP contribution in [0.4, 0.5) is 15.5 Å². The number of amides is 3. The fourth-order valence-corrected chi connectivity index (χ4v) is 6.30. The number of hydrogen-bond donors (Lipinski definition) is 3. The molecule has 0 radical (unpaired) electrons. The van der Waals surface area contributed by atoms with Crippen LogP contribution in [0.1, 0.15) is 53.5 Å². The summed E-state index contributed by atoms with van der Waals surface area (Å²) in [7, 11) is 1.39. The number of rotatable bonds is 6. The summed E-state index contributed by atoms with van der Waals surface area (Å²) in [6.45, 7) is 4.25. The number of methoxy groups -OCH3 is 1. The third kappa shape index (κ3) is 4.58. The summed E-state index contributed by atoms with van der Waals surface area (Å²) in [5.74, 6) is -0.846. The van der Waals surface area contributed by atoms with Crippen molar-refractivity contribution in [2.75, 3.05) is 24.3 Å². The van der Waals surface area contributed by atoms with Gasteiger partial charge in [0.2, 0.25) is 0 Å². The highest BCUT2D eigenvalue weighted by Gasteiger charge is 2.46. The highest BCUT2D eigenvalue weighted by atomic mass is 35.5. The third-order valence-corrected chi connectivity index (χ3v) is 7.71. The lowest BCUT2D eigenvalue weighted by molar-refractivity contribution is -0.152. The molecule has 0 unspecified atom stereocenters. The third-order valence-electron chi connectivity index (χ3n) is 6.31. The molecule has 0 aliphatic carbocycles. The van der Waals surface area contributed by atoms with Crippen molar-refractivity contribution < 1.29 is 19.1 Å². The van der Waals surface area contributed by atoms with Gasteiger partial charge in [-0.25, -0.2) is 4.79 Å². The van der Waals surface area contributed by atoms with Crippen LogP contribution in [-0.2, 0) is 16.0 Å². The molecule has 2 aromatic rings. The van der Waals surface area contributed by atoms with Crippen LogP contribution in [0.15, 0.2) is 24.3 Å². The van der Waals surface area contributed by atoms with E-state index in [1.54, 1.807) is 24.3 Å². The standard InChI is InChI=1S/C23H27ClN4O4S/c1-23(2,21(30)32-3)11-28-14-8-9-15(28)17-16(10-14)33-20(18(17)19(25)29)27-22(31)26-13-6-4-12(24)5-7-13/h4-7,14-15H,8-11H2,1-3H3,(H2,25,29)(H2,26,27,31)/t14-,15+/m0/s1. The van der Waals surface area contributed by atoms with E-state index in [4.69, 9.17) is 22.1 Å². The molecule has 1 aromatic carbocycles. The first kappa shape index (κ1) is 23.5. The van der Waals surface area contributed by atoms with Gasteiger partial charge in [-0.1, -0.05) is 11.6 Å². The number of urea groups is 1. The Morgan fingerprint density at radius 2 is 1.91 bits per heavy atom. The van der Waals surface area contributed by atoms with Crippen LogP contribution in [0.2, 0.25) is 5.02 Å². The minimum Gasteiger partial charge on any atom is -0.469 e. The van der Waals surface area contributed by atoms with E-state index in [2.05, 4.69) is 15.5 Å². The van der Waals surface area contributed by atoms with Crippen molar-refractivity contribution >= 4 is 51.5 Å². The topological polar surface area (TPSA) is 114 Å². The van der Waals surface area contributed by atoms with Gasteiger partial charge in [-0.3, -0.25) is 19.8 Å². The molecule has 0 saturated carbocycles. The summed E-state index contributed by atoms with van der Waals surface area (Å²) < 4.78 is 4.98. The normalized spacial score (nSPS) is 19.6. The van der Waals surface area contributed by atoms with Gasteiger partial charge in [0, 0.05) is 34.2 Å². The van der Waals surface area contributed by atoms with Gasteiger partial charge in [0.15, 0.2) is 0 Å². The molecule has 1 aromatic heterocycles. The molecule has 2 atom stereocenters. The zero-order valence-electron chi connectivity index (χ0n) is 18.7. The lowest BCUT2D eigenvalue weighted by atomic mass is 9.89. The highest BCUT2D eigenvalue weighted by Crippen LogP contribution is 2.51. The van der Waals surface area contributed by atoms with E-state index in [1.165, 1.54) is 18.4 Å². The van der Waals surface area contributed by atoms with E-state index in [9.17, 15) is 14.4 Å². The van der Waals surface area contributed by atoms with Gasteiger partial charge in [-0.2, -0.15) is 0 Å². The number of carbonyl (C=O) groups excluding carboxylic acids is 3. The quantitative estimate of drug-likeness (QED) is 0.519. The molecule has 2 aliphatic heterocycles. The first-order chi connectivity index (χ1) is 15.6. The maximum Gasteiger partial charge on any atom is 0.324 e. The zero-order chi connectivity index (χ0) is 23.9. The van der Waals surface area contributed by atoms with Gasteiger partial charge < -0.3 is 15.8 Å². The van der Waals surface area contributed by atoms with E-state index in [1.807, 2.05) is 13.8 Å². The highest BCUT2D eigenvalue weighted by molar-refractivity contribution is 7.17. The number of nitrogens with one attached hydrogen (secondary N) is 2. The summed E-state index contributed by atoms with van der Waals surface area (Å²) in [6, 6.07) is 6.51. The fourth-order valence-electron chi connectivity index (χ4n) is 4.84. The van der Waals surface area contributed by atoms with E-state index >= 15 is 0 Å². The van der Waals surface area contributed by atoms with Crippen molar-refractivity contribution in [1.29, 1.82) is 0 Å². The van der Waals surface area contributed by atoms with Gasteiger partial charge in [0.05, 0.1) is 18.1 Å². The minimum absolute atomic E-state index is 0.0312. The number of thiophene rings is 1. The first-order valence-electron chi connectivity index (χ1n) is 10.7. The van der Waals surface area contributed by atoms with Crippen molar-refractivity contribution in [2.24, 2.45) is 11.1 Å². The predicted octanol–water partition coefficient (Wildman–Crippen LogP) is 4.41. The van der Waals surface area contributed by atoms with Crippen LogP contribution < -0.4 is 16.4 Å². The summed E-state index contributed by atoms with van der Waals surface area (Å²) in [4.78, 5) is 40.7. The fraction of sp³-hybridized carbons (Fsp3) is 0.435. The van der Waals surface area contributed by atoms with Crippen molar-refractivity contribution in [2.45, 2.75) is 45.2 Å². The first-order valence-corrected chi connectivity index (χ1v) is 11.9. The molecule has 33 heavy (non-hydrogen) atoms. The second-order valence-corrected chi connectivity index (χ2v) is 10.6. The van der Waals surface area contributed by atoms with Gasteiger partial charge in [0.1, 0.15) is 5.00 Å². The van der Waals surface area contributed by atoms with Crippen LogP contribution in [0.5, 0.6) is 0 Å².